The van der Waals surface area contributed by atoms with E-state index >= 15 is 0 Å². The van der Waals surface area contributed by atoms with Gasteiger partial charge in [-0.25, -0.2) is 8.42 Å². The fourth-order valence-corrected chi connectivity index (χ4v) is 4.66. The first-order valence-electron chi connectivity index (χ1n) is 9.13. The van der Waals surface area contributed by atoms with E-state index in [2.05, 4.69) is 5.32 Å². The number of phenols is 1. The fraction of sp³-hybridized carbons (Fsp3) is 0.350. The van der Waals surface area contributed by atoms with Gasteiger partial charge < -0.3 is 10.4 Å². The standard InChI is InChI=1S/C20H24N2O4S/c23-18-6-4-5-17(15-18)21-20(24)12-9-16-7-10-19(11-8-16)27(25,26)22-13-2-1-3-14-22/h4-8,10-11,15,23H,1-3,9,12-14H2,(H,21,24). The number of aryl methyl sites for hydroxylation is 1. The van der Waals surface area contributed by atoms with Gasteiger partial charge in [0.15, 0.2) is 0 Å². The van der Waals surface area contributed by atoms with Crippen LogP contribution in [0.5, 0.6) is 5.75 Å². The smallest absolute Gasteiger partial charge is 0.243 e. The van der Waals surface area contributed by atoms with Crippen molar-refractivity contribution in [1.82, 2.24) is 4.31 Å². The Morgan fingerprint density at radius 3 is 2.41 bits per heavy atom. The second-order valence-corrected chi connectivity index (χ2v) is 8.65. The average molecular weight is 388 g/mol. The topological polar surface area (TPSA) is 86.7 Å². The van der Waals surface area contributed by atoms with Crippen LogP contribution in [0.4, 0.5) is 5.69 Å². The quantitative estimate of drug-likeness (QED) is 0.796. The van der Waals surface area contributed by atoms with Crippen molar-refractivity contribution in [1.29, 1.82) is 0 Å². The maximum absolute atomic E-state index is 12.6. The van der Waals surface area contributed by atoms with Gasteiger partial charge in [0.25, 0.3) is 0 Å². The molecule has 0 aliphatic carbocycles. The second kappa shape index (κ2) is 8.54. The van der Waals surface area contributed by atoms with E-state index in [4.69, 9.17) is 0 Å². The number of rotatable bonds is 6. The van der Waals surface area contributed by atoms with Crippen LogP contribution >= 0.6 is 0 Å². The Morgan fingerprint density at radius 1 is 1.04 bits per heavy atom. The number of nitrogens with one attached hydrogen (secondary N) is 1. The zero-order valence-corrected chi connectivity index (χ0v) is 15.9. The zero-order chi connectivity index (χ0) is 19.3. The highest BCUT2D eigenvalue weighted by atomic mass is 32.2. The lowest BCUT2D eigenvalue weighted by atomic mass is 10.1. The van der Waals surface area contributed by atoms with Gasteiger partial charge in [-0.15, -0.1) is 0 Å². The molecule has 1 amide bonds. The zero-order valence-electron chi connectivity index (χ0n) is 15.1. The van der Waals surface area contributed by atoms with Gasteiger partial charge in [0.05, 0.1) is 4.90 Å². The molecular formula is C20H24N2O4S. The number of benzene rings is 2. The summed E-state index contributed by atoms with van der Waals surface area (Å²) in [6.07, 6.45) is 3.68. The van der Waals surface area contributed by atoms with E-state index < -0.39 is 10.0 Å². The number of phenolic OH excluding ortho intramolecular Hbond substituents is 1. The van der Waals surface area contributed by atoms with E-state index in [0.29, 0.717) is 30.1 Å². The minimum atomic E-state index is -3.42. The van der Waals surface area contributed by atoms with Gasteiger partial charge in [0.1, 0.15) is 5.75 Å². The maximum Gasteiger partial charge on any atom is 0.243 e. The summed E-state index contributed by atoms with van der Waals surface area (Å²) in [5.74, 6) is -0.0658. The molecule has 7 heteroatoms. The van der Waals surface area contributed by atoms with Crippen molar-refractivity contribution >= 4 is 21.6 Å². The maximum atomic E-state index is 12.6. The third kappa shape index (κ3) is 5.08. The molecule has 0 aromatic heterocycles. The molecule has 0 radical (unpaired) electrons. The molecule has 1 aliphatic rings. The van der Waals surface area contributed by atoms with Gasteiger partial charge in [-0.3, -0.25) is 4.79 Å². The van der Waals surface area contributed by atoms with Crippen LogP contribution < -0.4 is 5.32 Å². The van der Waals surface area contributed by atoms with Crippen molar-refractivity contribution in [2.24, 2.45) is 0 Å². The molecule has 0 saturated carbocycles. The number of nitrogens with zero attached hydrogens (tertiary/aromatic N) is 1. The highest BCUT2D eigenvalue weighted by Gasteiger charge is 2.25. The Hall–Kier alpha value is -2.38. The van der Waals surface area contributed by atoms with Gasteiger partial charge in [0.2, 0.25) is 15.9 Å². The number of hydrogen-bond acceptors (Lipinski definition) is 4. The summed E-state index contributed by atoms with van der Waals surface area (Å²) in [5, 5.41) is 12.1. The Labute approximate surface area is 159 Å². The Kier molecular flexibility index (Phi) is 6.13. The van der Waals surface area contributed by atoms with Crippen LogP contribution in [0.15, 0.2) is 53.4 Å². The first-order chi connectivity index (χ1) is 12.9. The van der Waals surface area contributed by atoms with Gasteiger partial charge in [-0.05, 0) is 49.1 Å². The van der Waals surface area contributed by atoms with E-state index in [0.717, 1.165) is 24.8 Å². The van der Waals surface area contributed by atoms with Gasteiger partial charge in [-0.1, -0.05) is 24.6 Å². The SMILES string of the molecule is O=C(CCc1ccc(S(=O)(=O)N2CCCCC2)cc1)Nc1cccc(O)c1. The third-order valence-corrected chi connectivity index (χ3v) is 6.56. The molecule has 1 aliphatic heterocycles. The number of carbonyl (C=O) groups excluding carboxylic acids is 1. The Morgan fingerprint density at radius 2 is 1.74 bits per heavy atom. The lowest BCUT2D eigenvalue weighted by molar-refractivity contribution is -0.116. The summed E-state index contributed by atoms with van der Waals surface area (Å²) < 4.78 is 26.8. The van der Waals surface area contributed by atoms with E-state index in [9.17, 15) is 18.3 Å². The lowest BCUT2D eigenvalue weighted by Gasteiger charge is -2.25. The summed E-state index contributed by atoms with van der Waals surface area (Å²) in [6, 6.07) is 13.1. The normalized spacial score (nSPS) is 15.4. The van der Waals surface area contributed by atoms with Crippen LogP contribution in [0.3, 0.4) is 0 Å². The molecule has 0 atom stereocenters. The van der Waals surface area contributed by atoms with E-state index in [1.54, 1.807) is 40.7 Å². The van der Waals surface area contributed by atoms with E-state index in [1.807, 2.05) is 0 Å². The molecule has 27 heavy (non-hydrogen) atoms. The molecule has 6 nitrogen and oxygen atoms in total. The van der Waals surface area contributed by atoms with Crippen LogP contribution in [0.2, 0.25) is 0 Å². The Balaban J connectivity index is 1.56. The summed E-state index contributed by atoms with van der Waals surface area (Å²) >= 11 is 0. The number of sulfonamides is 1. The number of anilines is 1. The molecular weight excluding hydrogens is 364 g/mol. The highest BCUT2D eigenvalue weighted by Crippen LogP contribution is 2.21. The van der Waals surface area contributed by atoms with Crippen molar-refractivity contribution in [3.05, 3.63) is 54.1 Å². The van der Waals surface area contributed by atoms with Crippen LogP contribution in [0.25, 0.3) is 0 Å². The predicted molar refractivity (Wildman–Crippen MR) is 104 cm³/mol. The molecule has 1 saturated heterocycles. The number of carbonyl (C=O) groups is 1. The number of piperidine rings is 1. The van der Waals surface area contributed by atoms with Gasteiger partial charge in [0, 0.05) is 31.3 Å². The molecule has 2 N–H and O–H groups in total. The third-order valence-electron chi connectivity index (χ3n) is 4.65. The van der Waals surface area contributed by atoms with Crippen molar-refractivity contribution in [2.45, 2.75) is 37.0 Å². The fourth-order valence-electron chi connectivity index (χ4n) is 3.15. The second-order valence-electron chi connectivity index (χ2n) is 6.71. The predicted octanol–water partition coefficient (Wildman–Crippen LogP) is 3.14. The average Bonchev–Trinajstić information content (AvgIpc) is 2.67. The molecule has 1 heterocycles. The van der Waals surface area contributed by atoms with Crippen molar-refractivity contribution in [2.75, 3.05) is 18.4 Å². The molecule has 144 valence electrons. The van der Waals surface area contributed by atoms with E-state index in [-0.39, 0.29) is 18.1 Å². The summed E-state index contributed by atoms with van der Waals surface area (Å²) in [5.41, 5.74) is 1.45. The van der Waals surface area contributed by atoms with E-state index in [1.165, 1.54) is 12.1 Å². The van der Waals surface area contributed by atoms with Crippen molar-refractivity contribution in [3.63, 3.8) is 0 Å². The summed E-state index contributed by atoms with van der Waals surface area (Å²) in [4.78, 5) is 12.3. The number of amides is 1. The van der Waals surface area contributed by atoms with Crippen LogP contribution in [0.1, 0.15) is 31.2 Å². The highest BCUT2D eigenvalue weighted by molar-refractivity contribution is 7.89. The minimum absolute atomic E-state index is 0.0957. The number of hydrogen-bond donors (Lipinski definition) is 2. The van der Waals surface area contributed by atoms with Crippen LogP contribution in [0, 0.1) is 0 Å². The van der Waals surface area contributed by atoms with Gasteiger partial charge in [-0.2, -0.15) is 4.31 Å². The lowest BCUT2D eigenvalue weighted by Crippen LogP contribution is -2.35. The molecule has 0 unspecified atom stereocenters. The molecule has 0 bridgehead atoms. The van der Waals surface area contributed by atoms with Crippen molar-refractivity contribution in [3.8, 4) is 5.75 Å². The first-order valence-corrected chi connectivity index (χ1v) is 10.6. The molecule has 2 aromatic carbocycles. The summed E-state index contributed by atoms with van der Waals surface area (Å²) in [7, 11) is -3.42. The molecule has 0 spiro atoms. The Bertz CT molecular complexity index is 888. The monoisotopic (exact) mass is 388 g/mol. The molecule has 1 fully saturated rings. The minimum Gasteiger partial charge on any atom is -0.508 e. The number of aromatic hydroxyl groups is 1. The van der Waals surface area contributed by atoms with Crippen molar-refractivity contribution < 1.29 is 18.3 Å². The van der Waals surface area contributed by atoms with Crippen LogP contribution in [-0.4, -0.2) is 36.8 Å². The van der Waals surface area contributed by atoms with Crippen LogP contribution in [-0.2, 0) is 21.2 Å². The summed E-state index contributed by atoms with van der Waals surface area (Å²) in [6.45, 7) is 1.17. The van der Waals surface area contributed by atoms with Gasteiger partial charge >= 0.3 is 0 Å². The first kappa shape index (κ1) is 19.4. The largest absolute Gasteiger partial charge is 0.508 e. The molecule has 3 rings (SSSR count). The molecule has 2 aromatic rings.